The van der Waals surface area contributed by atoms with Crippen molar-refractivity contribution in [1.29, 1.82) is 0 Å². The van der Waals surface area contributed by atoms with Gasteiger partial charge in [-0.05, 0) is 25.2 Å². The average Bonchev–Trinajstić information content (AvgIpc) is 3.58. The third-order valence-corrected chi connectivity index (χ3v) is 9.63. The van der Waals surface area contributed by atoms with Crippen LogP contribution in [0.3, 0.4) is 0 Å². The smallest absolute Gasteiger partial charge is 0.387 e. The summed E-state index contributed by atoms with van der Waals surface area (Å²) in [5, 5.41) is 11.2. The minimum atomic E-state index is -4.19. The second kappa shape index (κ2) is 11.2. The first-order chi connectivity index (χ1) is 19.5. The van der Waals surface area contributed by atoms with E-state index in [1.54, 1.807) is 11.5 Å². The third kappa shape index (κ3) is 5.89. The zero-order valence-electron chi connectivity index (χ0n) is 21.2. The van der Waals surface area contributed by atoms with Crippen LogP contribution in [-0.2, 0) is 52.4 Å². The second-order valence-electron chi connectivity index (χ2n) is 9.21. The normalized spacial score (nSPS) is 31.9. The predicted octanol–water partition coefficient (Wildman–Crippen LogP) is 1.12. The Morgan fingerprint density at radius 1 is 1.22 bits per heavy atom. The van der Waals surface area contributed by atoms with Gasteiger partial charge in [0.25, 0.3) is 5.56 Å². The van der Waals surface area contributed by atoms with Crippen LogP contribution in [0, 0.1) is 6.92 Å². The highest BCUT2D eigenvalue weighted by Gasteiger charge is 2.49. The lowest BCUT2D eigenvalue weighted by Gasteiger charge is -2.25. The maximum absolute atomic E-state index is 13.5. The first kappa shape index (κ1) is 28.9. The highest BCUT2D eigenvalue weighted by molar-refractivity contribution is 8.44. The molecule has 0 radical (unpaired) electrons. The minimum absolute atomic E-state index is 0.0112. The fourth-order valence-corrected chi connectivity index (χ4v) is 7.17. The van der Waals surface area contributed by atoms with Crippen molar-refractivity contribution >= 4 is 59.9 Å². The molecule has 2 aliphatic heterocycles. The predicted molar refractivity (Wildman–Crippen MR) is 147 cm³/mol. The molecule has 1 fully saturated rings. The first-order valence-corrected chi connectivity index (χ1v) is 17.5. The van der Waals surface area contributed by atoms with E-state index in [9.17, 15) is 19.4 Å². The lowest BCUT2D eigenvalue weighted by atomic mass is 10.1. The Kier molecular flexibility index (Phi) is 7.88. The lowest BCUT2D eigenvalue weighted by Crippen LogP contribution is -2.35. The molecule has 6 heterocycles. The summed E-state index contributed by atoms with van der Waals surface area (Å²) in [6, 6.07) is 0. The molecule has 6 rings (SSSR count). The van der Waals surface area contributed by atoms with Gasteiger partial charge in [-0.3, -0.25) is 18.4 Å². The molecule has 0 aromatic carbocycles. The van der Waals surface area contributed by atoms with Gasteiger partial charge in [0.1, 0.15) is 48.4 Å². The van der Waals surface area contributed by atoms with E-state index in [2.05, 4.69) is 42.2 Å². The molecule has 0 amide bonds. The number of hydrogen-bond donors (Lipinski definition) is 4. The van der Waals surface area contributed by atoms with Gasteiger partial charge < -0.3 is 33.3 Å². The molecular formula is C20H24N8O9P2S2. The summed E-state index contributed by atoms with van der Waals surface area (Å²) in [5.74, 6) is 0.655. The van der Waals surface area contributed by atoms with Crippen molar-refractivity contribution in [3.63, 3.8) is 0 Å². The quantitative estimate of drug-likeness (QED) is 0.169. The molecule has 2 unspecified atom stereocenters. The van der Waals surface area contributed by atoms with Crippen LogP contribution >= 0.6 is 25.8 Å². The fourth-order valence-electron chi connectivity index (χ4n) is 4.62. The molecule has 2 aliphatic rings. The first-order valence-electron chi connectivity index (χ1n) is 12.2. The molecule has 21 heteroatoms. The average molecular weight is 647 g/mol. The summed E-state index contributed by atoms with van der Waals surface area (Å²) in [4.78, 5) is 46.7. The van der Waals surface area contributed by atoms with Gasteiger partial charge in [0.05, 0.1) is 25.7 Å². The van der Waals surface area contributed by atoms with E-state index >= 15 is 0 Å². The fraction of sp³-hybridized carbons (Fsp3) is 0.500. The van der Waals surface area contributed by atoms with Crippen LogP contribution in [0.2, 0.25) is 0 Å². The van der Waals surface area contributed by atoms with Gasteiger partial charge in [0.2, 0.25) is 0 Å². The van der Waals surface area contributed by atoms with Crippen molar-refractivity contribution in [1.82, 2.24) is 39.0 Å². The van der Waals surface area contributed by atoms with Gasteiger partial charge in [0, 0.05) is 6.54 Å². The van der Waals surface area contributed by atoms with E-state index in [1.165, 1.54) is 23.4 Å². The summed E-state index contributed by atoms with van der Waals surface area (Å²) in [7, 11) is 0. The topological polar surface area (TPSA) is 211 Å². The number of nitrogens with one attached hydrogen (secondary N) is 1. The number of aliphatic hydroxyl groups excluding tert-OH is 1. The van der Waals surface area contributed by atoms with E-state index in [4.69, 9.17) is 34.6 Å². The summed E-state index contributed by atoms with van der Waals surface area (Å²) in [6.07, 6.45) is -0.656. The molecule has 0 aliphatic carbocycles. The highest BCUT2D eigenvalue weighted by Crippen LogP contribution is 2.57. The Balaban J connectivity index is 1.37. The SMILES string of the molecule is Cc1nc2c(ncn2[C@@H]2O[C@@H]3COP(O)(=S)OCCCn4c(nc5cncnc54)COP(=O)(S)O[C@@H]2[C@@H]3O)c(=O)[nH]1. The maximum Gasteiger partial charge on any atom is 0.387 e. The Hall–Kier alpha value is -2.15. The summed E-state index contributed by atoms with van der Waals surface area (Å²) in [6.45, 7) is -6.65. The minimum Gasteiger partial charge on any atom is -0.387 e. The van der Waals surface area contributed by atoms with Gasteiger partial charge in [-0.15, -0.1) is 0 Å². The standard InChI is InChI=1S/C20H24N8O9P2S2/c1-10-24-18-14(19(30)25-10)23-9-28(18)20-16-15(29)12(36-20)6-34-38(31,40)33-4-2-3-27-13(7-35-39(32,41)37-16)26-11-5-21-8-22-17(11)27/h5,8-9,12,15-16,20,29H,2-4,6-7H2,1H3,(H,31,40)(H,32,41)(H,24,25,30)/t12-,15-,16-,20-,38?,39?/m1/s1. The lowest BCUT2D eigenvalue weighted by molar-refractivity contribution is -0.0474. The number of imidazole rings is 2. The molecule has 0 saturated carbocycles. The number of fused-ring (bicyclic) bond motifs is 6. The number of thiol groups is 1. The Morgan fingerprint density at radius 3 is 2.88 bits per heavy atom. The summed E-state index contributed by atoms with van der Waals surface area (Å²) >= 11 is 9.28. The summed E-state index contributed by atoms with van der Waals surface area (Å²) in [5.41, 5.74) is 0.632. The molecule has 41 heavy (non-hydrogen) atoms. The number of rotatable bonds is 1. The molecule has 4 aromatic rings. The van der Waals surface area contributed by atoms with Crippen molar-refractivity contribution in [2.24, 2.45) is 0 Å². The Labute approximate surface area is 241 Å². The molecule has 0 spiro atoms. The number of ether oxygens (including phenoxy) is 1. The van der Waals surface area contributed by atoms with Crippen LogP contribution in [0.4, 0.5) is 0 Å². The molecule has 4 aromatic heterocycles. The Morgan fingerprint density at radius 2 is 2.05 bits per heavy atom. The van der Waals surface area contributed by atoms with Gasteiger partial charge in [0.15, 0.2) is 23.0 Å². The zero-order chi connectivity index (χ0) is 28.9. The van der Waals surface area contributed by atoms with Crippen molar-refractivity contribution in [3.8, 4) is 0 Å². The van der Waals surface area contributed by atoms with Crippen LogP contribution in [0.1, 0.15) is 24.3 Å². The molecule has 1 saturated heterocycles. The van der Waals surface area contributed by atoms with Gasteiger partial charge >= 0.3 is 13.5 Å². The monoisotopic (exact) mass is 646 g/mol. The zero-order valence-corrected chi connectivity index (χ0v) is 24.7. The molecule has 3 N–H and O–H groups in total. The number of aryl methyl sites for hydroxylation is 2. The van der Waals surface area contributed by atoms with Gasteiger partial charge in [-0.25, -0.2) is 29.5 Å². The van der Waals surface area contributed by atoms with E-state index in [0.717, 1.165) is 0 Å². The molecule has 220 valence electrons. The van der Waals surface area contributed by atoms with Crippen LogP contribution < -0.4 is 5.56 Å². The number of aliphatic hydroxyl groups is 1. The van der Waals surface area contributed by atoms with Crippen molar-refractivity contribution in [3.05, 3.63) is 40.9 Å². The number of H-pyrrole nitrogens is 1. The largest absolute Gasteiger partial charge is 0.387 e. The third-order valence-electron chi connectivity index (χ3n) is 6.42. The molecular weight excluding hydrogens is 622 g/mol. The van der Waals surface area contributed by atoms with Crippen molar-refractivity contribution in [2.75, 3.05) is 13.2 Å². The van der Waals surface area contributed by atoms with E-state index in [-0.39, 0.29) is 24.4 Å². The molecule has 2 bridgehead atoms. The number of aromatic nitrogens is 8. The van der Waals surface area contributed by atoms with Crippen LogP contribution in [0.25, 0.3) is 22.3 Å². The maximum atomic E-state index is 13.5. The van der Waals surface area contributed by atoms with Crippen molar-refractivity contribution < 1.29 is 37.4 Å². The van der Waals surface area contributed by atoms with Crippen LogP contribution in [0.15, 0.2) is 23.6 Å². The van der Waals surface area contributed by atoms with Crippen LogP contribution in [-0.4, -0.2) is 80.6 Å². The highest BCUT2D eigenvalue weighted by atomic mass is 32.7. The summed E-state index contributed by atoms with van der Waals surface area (Å²) < 4.78 is 44.9. The van der Waals surface area contributed by atoms with Crippen LogP contribution in [0.5, 0.6) is 0 Å². The van der Waals surface area contributed by atoms with E-state index in [0.29, 0.717) is 35.8 Å². The van der Waals surface area contributed by atoms with E-state index in [1.807, 2.05) is 0 Å². The van der Waals surface area contributed by atoms with Gasteiger partial charge in [-0.1, -0.05) is 12.2 Å². The van der Waals surface area contributed by atoms with Crippen molar-refractivity contribution in [2.45, 2.75) is 51.0 Å². The molecule has 17 nitrogen and oxygen atoms in total. The number of hydrogen-bond acceptors (Lipinski definition) is 14. The Bertz CT molecular complexity index is 1770. The number of aromatic amines is 1. The second-order valence-corrected chi connectivity index (χ2v) is 14.9. The molecule has 6 atom stereocenters. The van der Waals surface area contributed by atoms with Gasteiger partial charge in [-0.2, -0.15) is 0 Å². The van der Waals surface area contributed by atoms with E-state index < -0.39 is 50.2 Å². The number of nitrogens with zero attached hydrogens (tertiary/aromatic N) is 7.